The van der Waals surface area contributed by atoms with Gasteiger partial charge in [0.25, 0.3) is 0 Å². The second-order valence-electron chi connectivity index (χ2n) is 6.01. The van der Waals surface area contributed by atoms with Crippen LogP contribution in [0.1, 0.15) is 41.0 Å². The standard InChI is InChI=1S/C20H22N2O6S/c1-3-19(24)22-16-10-8-14(9-11-16)18(23)13-28-20(25)15-6-5-7-17(12-15)29(26,27)21-4-2/h5-12,21H,3-4,13H2,1-2H3,(H,22,24). The molecular formula is C20H22N2O6S. The van der Waals surface area contributed by atoms with E-state index in [-0.39, 0.29) is 22.9 Å². The third-order valence-corrected chi connectivity index (χ3v) is 5.40. The van der Waals surface area contributed by atoms with Crippen LogP contribution >= 0.6 is 0 Å². The molecule has 0 radical (unpaired) electrons. The van der Waals surface area contributed by atoms with Crippen LogP contribution in [0.5, 0.6) is 0 Å². The number of esters is 1. The first-order valence-corrected chi connectivity index (χ1v) is 10.4. The van der Waals surface area contributed by atoms with Crippen LogP contribution < -0.4 is 10.0 Å². The minimum absolute atomic E-state index is 0.0226. The van der Waals surface area contributed by atoms with E-state index in [9.17, 15) is 22.8 Å². The number of rotatable bonds is 9. The zero-order valence-electron chi connectivity index (χ0n) is 16.1. The van der Waals surface area contributed by atoms with E-state index in [1.165, 1.54) is 36.4 Å². The van der Waals surface area contributed by atoms with Gasteiger partial charge in [-0.1, -0.05) is 19.9 Å². The summed E-state index contributed by atoms with van der Waals surface area (Å²) in [5.74, 6) is -1.38. The fraction of sp³-hybridized carbons (Fsp3) is 0.250. The second kappa shape index (κ2) is 9.94. The minimum Gasteiger partial charge on any atom is -0.454 e. The van der Waals surface area contributed by atoms with Crippen molar-refractivity contribution in [3.8, 4) is 0 Å². The van der Waals surface area contributed by atoms with Crippen LogP contribution in [0.3, 0.4) is 0 Å². The van der Waals surface area contributed by atoms with Crippen LogP contribution in [-0.4, -0.2) is 39.2 Å². The van der Waals surface area contributed by atoms with Crippen molar-refractivity contribution < 1.29 is 27.5 Å². The van der Waals surface area contributed by atoms with Gasteiger partial charge in [0.05, 0.1) is 10.5 Å². The summed E-state index contributed by atoms with van der Waals surface area (Å²) in [5.41, 5.74) is 0.897. The minimum atomic E-state index is -3.71. The van der Waals surface area contributed by atoms with Crippen molar-refractivity contribution in [3.63, 3.8) is 0 Å². The Morgan fingerprint density at radius 1 is 0.966 bits per heavy atom. The number of amides is 1. The van der Waals surface area contributed by atoms with Gasteiger partial charge in [-0.2, -0.15) is 0 Å². The highest BCUT2D eigenvalue weighted by molar-refractivity contribution is 7.89. The van der Waals surface area contributed by atoms with Crippen LogP contribution in [-0.2, 0) is 19.6 Å². The smallest absolute Gasteiger partial charge is 0.338 e. The molecule has 2 N–H and O–H groups in total. The van der Waals surface area contributed by atoms with E-state index in [1.807, 2.05) is 0 Å². The second-order valence-corrected chi connectivity index (χ2v) is 7.77. The molecule has 0 bridgehead atoms. The molecule has 0 fully saturated rings. The number of Topliss-reactive ketones (excluding diaryl/α,β-unsaturated/α-hetero) is 1. The summed E-state index contributed by atoms with van der Waals surface area (Å²) in [6.45, 7) is 3.09. The largest absolute Gasteiger partial charge is 0.454 e. The van der Waals surface area contributed by atoms with E-state index in [0.29, 0.717) is 17.7 Å². The average molecular weight is 418 g/mol. The normalized spacial score (nSPS) is 11.0. The molecular weight excluding hydrogens is 396 g/mol. The molecule has 0 unspecified atom stereocenters. The molecule has 8 nitrogen and oxygen atoms in total. The van der Waals surface area contributed by atoms with Crippen LogP contribution in [0.25, 0.3) is 0 Å². The molecule has 0 heterocycles. The van der Waals surface area contributed by atoms with E-state index in [1.54, 1.807) is 26.0 Å². The van der Waals surface area contributed by atoms with Crippen LogP contribution in [0.15, 0.2) is 53.4 Å². The Morgan fingerprint density at radius 2 is 1.66 bits per heavy atom. The molecule has 0 spiro atoms. The highest BCUT2D eigenvalue weighted by Crippen LogP contribution is 2.14. The Kier molecular flexibility index (Phi) is 7.63. The number of hydrogen-bond donors (Lipinski definition) is 2. The first-order valence-electron chi connectivity index (χ1n) is 8.96. The Hall–Kier alpha value is -3.04. The molecule has 0 aliphatic heterocycles. The van der Waals surface area contributed by atoms with Crippen LogP contribution in [0.2, 0.25) is 0 Å². The molecule has 154 valence electrons. The number of ketones is 1. The molecule has 9 heteroatoms. The van der Waals surface area contributed by atoms with Crippen LogP contribution in [0.4, 0.5) is 5.69 Å². The summed E-state index contributed by atoms with van der Waals surface area (Å²) < 4.78 is 31.4. The van der Waals surface area contributed by atoms with Crippen molar-refractivity contribution in [1.82, 2.24) is 4.72 Å². The van der Waals surface area contributed by atoms with Crippen molar-refractivity contribution in [2.45, 2.75) is 25.2 Å². The van der Waals surface area contributed by atoms with Crippen molar-refractivity contribution in [1.29, 1.82) is 0 Å². The fourth-order valence-electron chi connectivity index (χ4n) is 2.35. The molecule has 1 amide bonds. The lowest BCUT2D eigenvalue weighted by Crippen LogP contribution is -2.23. The monoisotopic (exact) mass is 418 g/mol. The van der Waals surface area contributed by atoms with Gasteiger partial charge in [0.15, 0.2) is 12.4 Å². The highest BCUT2D eigenvalue weighted by atomic mass is 32.2. The molecule has 29 heavy (non-hydrogen) atoms. The lowest BCUT2D eigenvalue weighted by atomic mass is 10.1. The molecule has 2 aromatic rings. The Balaban J connectivity index is 2.00. The fourth-order valence-corrected chi connectivity index (χ4v) is 3.44. The number of carbonyl (C=O) groups excluding carboxylic acids is 3. The molecule has 0 aliphatic carbocycles. The van der Waals surface area contributed by atoms with E-state index < -0.39 is 28.4 Å². The van der Waals surface area contributed by atoms with Gasteiger partial charge < -0.3 is 10.1 Å². The Labute approximate surface area is 169 Å². The van der Waals surface area contributed by atoms with Crippen molar-refractivity contribution in [2.24, 2.45) is 0 Å². The van der Waals surface area contributed by atoms with E-state index in [0.717, 1.165) is 0 Å². The third kappa shape index (κ3) is 6.23. The van der Waals surface area contributed by atoms with Crippen molar-refractivity contribution in [3.05, 3.63) is 59.7 Å². The number of sulfonamides is 1. The first kappa shape index (κ1) is 22.3. The summed E-state index contributed by atoms with van der Waals surface area (Å²) in [6, 6.07) is 11.6. The van der Waals surface area contributed by atoms with Gasteiger partial charge in [-0.05, 0) is 42.5 Å². The summed E-state index contributed by atoms with van der Waals surface area (Å²) in [6.07, 6.45) is 0.341. The molecule has 0 saturated heterocycles. The number of anilines is 1. The zero-order valence-corrected chi connectivity index (χ0v) is 16.9. The Morgan fingerprint density at radius 3 is 2.28 bits per heavy atom. The number of nitrogens with one attached hydrogen (secondary N) is 2. The van der Waals surface area contributed by atoms with Gasteiger partial charge in [0.1, 0.15) is 0 Å². The molecule has 0 aromatic heterocycles. The van der Waals surface area contributed by atoms with E-state index in [2.05, 4.69) is 10.0 Å². The quantitative estimate of drug-likeness (QED) is 0.477. The van der Waals surface area contributed by atoms with Gasteiger partial charge >= 0.3 is 5.97 Å². The maximum Gasteiger partial charge on any atom is 0.338 e. The van der Waals surface area contributed by atoms with Gasteiger partial charge in [-0.15, -0.1) is 0 Å². The van der Waals surface area contributed by atoms with Crippen molar-refractivity contribution in [2.75, 3.05) is 18.5 Å². The number of hydrogen-bond acceptors (Lipinski definition) is 6. The van der Waals surface area contributed by atoms with Crippen molar-refractivity contribution >= 4 is 33.4 Å². The summed E-state index contributed by atoms with van der Waals surface area (Å²) in [7, 11) is -3.71. The SMILES string of the molecule is CCNS(=O)(=O)c1cccc(C(=O)OCC(=O)c2ccc(NC(=O)CC)cc2)c1. The summed E-state index contributed by atoms with van der Waals surface area (Å²) in [4.78, 5) is 35.7. The number of ether oxygens (including phenoxy) is 1. The van der Waals surface area contributed by atoms with Gasteiger partial charge in [-0.25, -0.2) is 17.9 Å². The van der Waals surface area contributed by atoms with Gasteiger partial charge in [0.2, 0.25) is 15.9 Å². The molecule has 0 saturated carbocycles. The van der Waals surface area contributed by atoms with Crippen LogP contribution in [0, 0.1) is 0 Å². The lowest BCUT2D eigenvalue weighted by molar-refractivity contribution is -0.115. The predicted molar refractivity (Wildman–Crippen MR) is 107 cm³/mol. The molecule has 0 atom stereocenters. The summed E-state index contributed by atoms with van der Waals surface area (Å²) >= 11 is 0. The number of benzene rings is 2. The third-order valence-electron chi connectivity index (χ3n) is 3.86. The van der Waals surface area contributed by atoms with E-state index in [4.69, 9.17) is 4.74 Å². The highest BCUT2D eigenvalue weighted by Gasteiger charge is 2.17. The van der Waals surface area contributed by atoms with Gasteiger partial charge in [-0.3, -0.25) is 9.59 Å². The maximum atomic E-state index is 12.2. The number of carbonyl (C=O) groups is 3. The first-order chi connectivity index (χ1) is 13.8. The Bertz CT molecular complexity index is 1000. The maximum absolute atomic E-state index is 12.2. The molecule has 0 aliphatic rings. The average Bonchev–Trinajstić information content (AvgIpc) is 2.72. The van der Waals surface area contributed by atoms with E-state index >= 15 is 0 Å². The summed E-state index contributed by atoms with van der Waals surface area (Å²) in [5, 5.41) is 2.67. The lowest BCUT2D eigenvalue weighted by Gasteiger charge is -2.08. The molecule has 2 aromatic carbocycles. The zero-order chi connectivity index (χ0) is 21.4. The molecule has 2 rings (SSSR count). The topological polar surface area (TPSA) is 119 Å². The van der Waals surface area contributed by atoms with Gasteiger partial charge in [0, 0.05) is 24.2 Å². The predicted octanol–water partition coefficient (Wildman–Crippen LogP) is 2.37.